The Labute approximate surface area is 170 Å². The third-order valence-corrected chi connectivity index (χ3v) is 5.26. The van der Waals surface area contributed by atoms with Gasteiger partial charge in [0, 0.05) is 36.1 Å². The van der Waals surface area contributed by atoms with E-state index in [1.165, 1.54) is 0 Å². The van der Waals surface area contributed by atoms with Crippen LogP contribution in [0, 0.1) is 0 Å². The van der Waals surface area contributed by atoms with E-state index in [2.05, 4.69) is 5.32 Å². The fourth-order valence-electron chi connectivity index (χ4n) is 3.93. The highest BCUT2D eigenvalue weighted by atomic mass is 16.6. The molecule has 7 nitrogen and oxygen atoms in total. The zero-order valence-corrected chi connectivity index (χ0v) is 17.3. The van der Waals surface area contributed by atoms with Gasteiger partial charge in [-0.3, -0.25) is 4.79 Å². The van der Waals surface area contributed by atoms with Gasteiger partial charge in [0.1, 0.15) is 18.1 Å². The molecule has 3 rings (SSSR count). The predicted molar refractivity (Wildman–Crippen MR) is 107 cm³/mol. The number of Topliss-reactive ketones (excluding diaryl/α,β-unsaturated/α-hetero) is 1. The molecule has 0 amide bonds. The number of carbonyl (C=O) groups is 2. The second kappa shape index (κ2) is 9.13. The van der Waals surface area contributed by atoms with Gasteiger partial charge in [0.05, 0.1) is 32.3 Å². The summed E-state index contributed by atoms with van der Waals surface area (Å²) in [6, 6.07) is 5.39. The third kappa shape index (κ3) is 4.15. The van der Waals surface area contributed by atoms with Crippen LogP contribution in [0.15, 0.2) is 40.7 Å². The number of nitrogens with one attached hydrogen (secondary N) is 1. The second-order valence-electron chi connectivity index (χ2n) is 7.00. The zero-order chi connectivity index (χ0) is 21.0. The van der Waals surface area contributed by atoms with E-state index in [9.17, 15) is 9.59 Å². The van der Waals surface area contributed by atoms with Crippen LogP contribution >= 0.6 is 0 Å². The summed E-state index contributed by atoms with van der Waals surface area (Å²) in [6.07, 6.45) is 2.00. The topological polar surface area (TPSA) is 83.1 Å². The smallest absolute Gasteiger partial charge is 0.336 e. The van der Waals surface area contributed by atoms with Gasteiger partial charge in [-0.2, -0.15) is 0 Å². The lowest BCUT2D eigenvalue weighted by molar-refractivity contribution is -0.140. The molecular weight excluding hydrogens is 374 g/mol. The van der Waals surface area contributed by atoms with Gasteiger partial charge < -0.3 is 24.3 Å². The Morgan fingerprint density at radius 1 is 1.14 bits per heavy atom. The number of carbonyl (C=O) groups excluding carboxylic acids is 2. The van der Waals surface area contributed by atoms with E-state index in [4.69, 9.17) is 18.9 Å². The van der Waals surface area contributed by atoms with Crippen LogP contribution in [-0.2, 0) is 19.1 Å². The summed E-state index contributed by atoms with van der Waals surface area (Å²) in [5.41, 5.74) is 3.25. The molecule has 1 aliphatic heterocycles. The van der Waals surface area contributed by atoms with Gasteiger partial charge in [-0.15, -0.1) is 0 Å². The van der Waals surface area contributed by atoms with Crippen molar-refractivity contribution in [3.63, 3.8) is 0 Å². The van der Waals surface area contributed by atoms with Crippen molar-refractivity contribution >= 4 is 11.8 Å². The van der Waals surface area contributed by atoms with E-state index >= 15 is 0 Å². The minimum Gasteiger partial charge on any atom is -0.497 e. The molecule has 1 heterocycles. The normalized spacial score (nSPS) is 18.9. The maximum absolute atomic E-state index is 13.0. The Morgan fingerprint density at radius 2 is 1.93 bits per heavy atom. The quantitative estimate of drug-likeness (QED) is 0.556. The van der Waals surface area contributed by atoms with Crippen molar-refractivity contribution in [1.29, 1.82) is 0 Å². The monoisotopic (exact) mass is 401 g/mol. The Bertz CT molecular complexity index is 870. The molecule has 1 atom stereocenters. The van der Waals surface area contributed by atoms with Crippen LogP contribution < -0.4 is 14.8 Å². The first kappa shape index (κ1) is 20.9. The van der Waals surface area contributed by atoms with Crippen molar-refractivity contribution in [3.8, 4) is 11.5 Å². The molecule has 1 N–H and O–H groups in total. The minimum atomic E-state index is -0.584. The van der Waals surface area contributed by atoms with Crippen molar-refractivity contribution in [2.75, 3.05) is 34.5 Å². The highest BCUT2D eigenvalue weighted by molar-refractivity contribution is 6.04. The summed E-state index contributed by atoms with van der Waals surface area (Å²) in [5.74, 6) is 0.168. The largest absolute Gasteiger partial charge is 0.497 e. The number of allylic oxidation sites excluding steroid dienone is 3. The van der Waals surface area contributed by atoms with Gasteiger partial charge >= 0.3 is 5.97 Å². The molecule has 2 aliphatic rings. The molecule has 0 aromatic heterocycles. The van der Waals surface area contributed by atoms with Crippen LogP contribution in [0.5, 0.6) is 11.5 Å². The molecule has 0 unspecified atom stereocenters. The number of dihydropyridines is 1. The molecule has 0 fully saturated rings. The molecule has 1 aromatic carbocycles. The molecule has 0 spiro atoms. The molecule has 0 bridgehead atoms. The summed E-state index contributed by atoms with van der Waals surface area (Å²) in [7, 11) is 4.69. The molecule has 7 heteroatoms. The van der Waals surface area contributed by atoms with E-state index in [1.807, 2.05) is 13.0 Å². The molecule has 0 saturated heterocycles. The molecule has 0 radical (unpaired) electrons. The number of benzene rings is 1. The number of hydrogen-bond acceptors (Lipinski definition) is 7. The Kier molecular flexibility index (Phi) is 6.59. The van der Waals surface area contributed by atoms with Crippen LogP contribution in [0.1, 0.15) is 37.7 Å². The maximum atomic E-state index is 13.0. The van der Waals surface area contributed by atoms with Gasteiger partial charge in [0.25, 0.3) is 0 Å². The standard InChI is InChI=1S/C22H27NO6/c1-13-19(22(25)29-11-10-26-2)20(21-16(23-13)6-5-7-17(21)24)15-12-14(27-3)8-9-18(15)28-4/h8-9,12,20,23H,5-7,10-11H2,1-4H3/t20-/m0/s1. The Balaban J connectivity index is 2.15. The fourth-order valence-corrected chi connectivity index (χ4v) is 3.93. The number of methoxy groups -OCH3 is 3. The van der Waals surface area contributed by atoms with E-state index in [0.717, 1.165) is 18.5 Å². The van der Waals surface area contributed by atoms with Crippen LogP contribution in [0.3, 0.4) is 0 Å². The fraction of sp³-hybridized carbons (Fsp3) is 0.455. The van der Waals surface area contributed by atoms with Gasteiger partial charge in [0.15, 0.2) is 5.78 Å². The number of ketones is 1. The Hall–Kier alpha value is -2.80. The summed E-state index contributed by atoms with van der Waals surface area (Å²) in [6.45, 7) is 2.26. The van der Waals surface area contributed by atoms with E-state index < -0.39 is 11.9 Å². The van der Waals surface area contributed by atoms with Gasteiger partial charge in [-0.05, 0) is 38.0 Å². The van der Waals surface area contributed by atoms with Crippen molar-refractivity contribution in [2.24, 2.45) is 0 Å². The summed E-state index contributed by atoms with van der Waals surface area (Å²) in [4.78, 5) is 26.0. The Morgan fingerprint density at radius 3 is 2.62 bits per heavy atom. The molecular formula is C22H27NO6. The first-order valence-corrected chi connectivity index (χ1v) is 9.63. The van der Waals surface area contributed by atoms with Crippen molar-refractivity contribution < 1.29 is 28.5 Å². The summed E-state index contributed by atoms with van der Waals surface area (Å²) in [5, 5.41) is 3.27. The molecule has 1 aliphatic carbocycles. The average molecular weight is 401 g/mol. The first-order valence-electron chi connectivity index (χ1n) is 9.63. The van der Waals surface area contributed by atoms with Crippen molar-refractivity contribution in [2.45, 2.75) is 32.1 Å². The van der Waals surface area contributed by atoms with Gasteiger partial charge in [-0.1, -0.05) is 0 Å². The second-order valence-corrected chi connectivity index (χ2v) is 7.00. The molecule has 1 aromatic rings. The van der Waals surface area contributed by atoms with Gasteiger partial charge in [0.2, 0.25) is 0 Å². The highest BCUT2D eigenvalue weighted by Gasteiger charge is 2.40. The van der Waals surface area contributed by atoms with E-state index in [0.29, 0.717) is 46.9 Å². The molecule has 29 heavy (non-hydrogen) atoms. The van der Waals surface area contributed by atoms with Crippen molar-refractivity contribution in [1.82, 2.24) is 5.32 Å². The number of rotatable bonds is 7. The maximum Gasteiger partial charge on any atom is 0.336 e. The van der Waals surface area contributed by atoms with Crippen molar-refractivity contribution in [3.05, 3.63) is 46.3 Å². The van der Waals surface area contributed by atoms with Crippen LogP contribution in [0.2, 0.25) is 0 Å². The minimum absolute atomic E-state index is 0.0308. The van der Waals surface area contributed by atoms with Gasteiger partial charge in [-0.25, -0.2) is 4.79 Å². The number of hydrogen-bond donors (Lipinski definition) is 1. The summed E-state index contributed by atoms with van der Waals surface area (Å²) < 4.78 is 21.4. The molecule has 0 saturated carbocycles. The van der Waals surface area contributed by atoms with Crippen LogP contribution in [0.25, 0.3) is 0 Å². The lowest BCUT2D eigenvalue weighted by atomic mass is 9.75. The SMILES string of the molecule is COCCOC(=O)C1=C(C)NC2=C(C(=O)CCC2)[C@H]1c1cc(OC)ccc1OC. The van der Waals surface area contributed by atoms with E-state index in [-0.39, 0.29) is 12.4 Å². The lowest BCUT2D eigenvalue weighted by Gasteiger charge is -2.34. The molecule has 156 valence electrons. The van der Waals surface area contributed by atoms with E-state index in [1.54, 1.807) is 33.5 Å². The number of esters is 1. The average Bonchev–Trinajstić information content (AvgIpc) is 2.72. The number of ether oxygens (including phenoxy) is 4. The third-order valence-electron chi connectivity index (χ3n) is 5.26. The highest BCUT2D eigenvalue weighted by Crippen LogP contribution is 2.46. The zero-order valence-electron chi connectivity index (χ0n) is 17.3. The lowest BCUT2D eigenvalue weighted by Crippen LogP contribution is -2.34. The van der Waals surface area contributed by atoms with Crippen LogP contribution in [-0.4, -0.2) is 46.3 Å². The van der Waals surface area contributed by atoms with Crippen LogP contribution in [0.4, 0.5) is 0 Å². The predicted octanol–water partition coefficient (Wildman–Crippen LogP) is 2.86. The summed E-state index contributed by atoms with van der Waals surface area (Å²) >= 11 is 0. The first-order chi connectivity index (χ1) is 14.0.